The van der Waals surface area contributed by atoms with Gasteiger partial charge in [-0.2, -0.15) is 0 Å². The second kappa shape index (κ2) is 6.40. The molecule has 3 N–H and O–H groups in total. The summed E-state index contributed by atoms with van der Waals surface area (Å²) in [6, 6.07) is 10.2. The molecule has 0 aliphatic heterocycles. The Kier molecular flexibility index (Phi) is 4.59. The number of carbonyl (C=O) groups is 1. The molecule has 1 aromatic carbocycles. The number of benzene rings is 1. The zero-order valence-electron chi connectivity index (χ0n) is 9.97. The molecule has 0 spiro atoms. The SMILES string of the molecule is O=C(NCC(O)c1ccco1)Nc1cccc(Br)c1. The summed E-state index contributed by atoms with van der Waals surface area (Å²) in [5.74, 6) is 0.419. The Balaban J connectivity index is 1.82. The van der Waals surface area contributed by atoms with Crippen molar-refractivity contribution >= 4 is 27.6 Å². The van der Waals surface area contributed by atoms with E-state index in [1.165, 1.54) is 6.26 Å². The maximum atomic E-state index is 11.6. The van der Waals surface area contributed by atoms with Crippen molar-refractivity contribution in [3.8, 4) is 0 Å². The molecule has 2 aromatic rings. The lowest BCUT2D eigenvalue weighted by atomic mass is 10.3. The predicted octanol–water partition coefficient (Wildman–Crippen LogP) is 2.90. The molecule has 100 valence electrons. The van der Waals surface area contributed by atoms with Crippen LogP contribution in [0.25, 0.3) is 0 Å². The second-order valence-electron chi connectivity index (χ2n) is 3.88. The van der Waals surface area contributed by atoms with Crippen molar-refractivity contribution < 1.29 is 14.3 Å². The Morgan fingerprint density at radius 1 is 1.37 bits per heavy atom. The first kappa shape index (κ1) is 13.6. The third kappa shape index (κ3) is 4.11. The van der Waals surface area contributed by atoms with Gasteiger partial charge in [0.2, 0.25) is 0 Å². The molecule has 5 nitrogen and oxygen atoms in total. The third-order valence-corrected chi connectivity index (χ3v) is 2.90. The van der Waals surface area contributed by atoms with Gasteiger partial charge in [0, 0.05) is 10.2 Å². The molecule has 0 bridgehead atoms. The Labute approximate surface area is 118 Å². The molecule has 1 unspecified atom stereocenters. The van der Waals surface area contributed by atoms with Crippen LogP contribution in [-0.4, -0.2) is 17.7 Å². The van der Waals surface area contributed by atoms with Gasteiger partial charge in [0.15, 0.2) is 0 Å². The predicted molar refractivity (Wildman–Crippen MR) is 74.8 cm³/mol. The number of amides is 2. The molecule has 0 saturated carbocycles. The zero-order valence-corrected chi connectivity index (χ0v) is 11.6. The number of carbonyl (C=O) groups excluding carboxylic acids is 1. The van der Waals surface area contributed by atoms with Crippen LogP contribution in [-0.2, 0) is 0 Å². The number of aliphatic hydroxyl groups is 1. The van der Waals surface area contributed by atoms with E-state index in [0.717, 1.165) is 4.47 Å². The van der Waals surface area contributed by atoms with Crippen LogP contribution < -0.4 is 10.6 Å². The van der Waals surface area contributed by atoms with E-state index in [0.29, 0.717) is 11.4 Å². The van der Waals surface area contributed by atoms with Crippen molar-refractivity contribution in [1.82, 2.24) is 5.32 Å². The fourth-order valence-corrected chi connectivity index (χ4v) is 1.91. The number of urea groups is 1. The maximum Gasteiger partial charge on any atom is 0.319 e. The number of rotatable bonds is 4. The molecule has 1 heterocycles. The molecule has 0 radical (unpaired) electrons. The number of nitrogens with one attached hydrogen (secondary N) is 2. The molecule has 0 fully saturated rings. The summed E-state index contributed by atoms with van der Waals surface area (Å²) >= 11 is 3.32. The van der Waals surface area contributed by atoms with Gasteiger partial charge in [0.25, 0.3) is 0 Å². The Hall–Kier alpha value is -1.79. The number of hydrogen-bond donors (Lipinski definition) is 3. The Morgan fingerprint density at radius 2 is 2.21 bits per heavy atom. The lowest BCUT2D eigenvalue weighted by molar-refractivity contribution is 0.149. The van der Waals surface area contributed by atoms with Crippen LogP contribution in [0, 0.1) is 0 Å². The Bertz CT molecular complexity index is 543. The normalized spacial score (nSPS) is 11.9. The van der Waals surface area contributed by atoms with Gasteiger partial charge in [-0.15, -0.1) is 0 Å². The summed E-state index contributed by atoms with van der Waals surface area (Å²) < 4.78 is 5.91. The smallest absolute Gasteiger partial charge is 0.319 e. The lowest BCUT2D eigenvalue weighted by Crippen LogP contribution is -2.32. The van der Waals surface area contributed by atoms with Crippen molar-refractivity contribution in [1.29, 1.82) is 0 Å². The fraction of sp³-hybridized carbons (Fsp3) is 0.154. The molecule has 0 aliphatic carbocycles. The topological polar surface area (TPSA) is 74.5 Å². The van der Waals surface area contributed by atoms with Crippen LogP contribution in [0.4, 0.5) is 10.5 Å². The number of anilines is 1. The van der Waals surface area contributed by atoms with Crippen molar-refractivity contribution in [2.45, 2.75) is 6.10 Å². The molecule has 1 aromatic heterocycles. The van der Waals surface area contributed by atoms with Crippen LogP contribution in [0.2, 0.25) is 0 Å². The van der Waals surface area contributed by atoms with Crippen molar-refractivity contribution in [3.05, 3.63) is 52.9 Å². The first-order valence-electron chi connectivity index (χ1n) is 5.67. The number of halogens is 1. The van der Waals surface area contributed by atoms with E-state index in [2.05, 4.69) is 26.6 Å². The van der Waals surface area contributed by atoms with E-state index in [4.69, 9.17) is 4.42 Å². The average molecular weight is 325 g/mol. The number of aliphatic hydroxyl groups excluding tert-OH is 1. The maximum absolute atomic E-state index is 11.6. The first-order chi connectivity index (χ1) is 9.15. The van der Waals surface area contributed by atoms with Gasteiger partial charge in [-0.25, -0.2) is 4.79 Å². The first-order valence-corrected chi connectivity index (χ1v) is 6.46. The summed E-state index contributed by atoms with van der Waals surface area (Å²) in [6.45, 7) is 0.0767. The van der Waals surface area contributed by atoms with Crippen molar-refractivity contribution in [2.75, 3.05) is 11.9 Å². The minimum Gasteiger partial charge on any atom is -0.467 e. The molecule has 6 heteroatoms. The molecule has 2 rings (SSSR count). The largest absolute Gasteiger partial charge is 0.467 e. The monoisotopic (exact) mass is 324 g/mol. The number of furan rings is 1. The third-order valence-electron chi connectivity index (χ3n) is 2.41. The molecule has 0 aliphatic rings. The van der Waals surface area contributed by atoms with Crippen LogP contribution in [0.1, 0.15) is 11.9 Å². The van der Waals surface area contributed by atoms with E-state index in [-0.39, 0.29) is 12.6 Å². The van der Waals surface area contributed by atoms with Gasteiger partial charge >= 0.3 is 6.03 Å². The van der Waals surface area contributed by atoms with Gasteiger partial charge < -0.3 is 20.2 Å². The average Bonchev–Trinajstić information content (AvgIpc) is 2.90. The lowest BCUT2D eigenvalue weighted by Gasteiger charge is -2.10. The van der Waals surface area contributed by atoms with Gasteiger partial charge in [-0.3, -0.25) is 0 Å². The molecular formula is C13H13BrN2O3. The highest BCUT2D eigenvalue weighted by Crippen LogP contribution is 2.15. The van der Waals surface area contributed by atoms with E-state index >= 15 is 0 Å². The highest BCUT2D eigenvalue weighted by atomic mass is 79.9. The summed E-state index contributed by atoms with van der Waals surface area (Å²) in [4.78, 5) is 11.6. The fourth-order valence-electron chi connectivity index (χ4n) is 1.51. The standard InChI is InChI=1S/C13H13BrN2O3/c14-9-3-1-4-10(7-9)16-13(18)15-8-11(17)12-5-2-6-19-12/h1-7,11,17H,8H2,(H2,15,16,18). The van der Waals surface area contributed by atoms with Crippen molar-refractivity contribution in [3.63, 3.8) is 0 Å². The van der Waals surface area contributed by atoms with Crippen LogP contribution in [0.5, 0.6) is 0 Å². The second-order valence-corrected chi connectivity index (χ2v) is 4.79. The highest BCUT2D eigenvalue weighted by molar-refractivity contribution is 9.10. The molecule has 0 saturated heterocycles. The summed E-state index contributed by atoms with van der Waals surface area (Å²) in [5.41, 5.74) is 0.666. The van der Waals surface area contributed by atoms with Crippen LogP contribution in [0.15, 0.2) is 51.6 Å². The number of hydrogen-bond acceptors (Lipinski definition) is 3. The Morgan fingerprint density at radius 3 is 2.89 bits per heavy atom. The van der Waals surface area contributed by atoms with E-state index < -0.39 is 6.10 Å². The molecule has 19 heavy (non-hydrogen) atoms. The summed E-state index contributed by atoms with van der Waals surface area (Å²) in [6.07, 6.45) is 0.614. The summed E-state index contributed by atoms with van der Waals surface area (Å²) in [5, 5.41) is 14.9. The quantitative estimate of drug-likeness (QED) is 0.809. The van der Waals surface area contributed by atoms with Crippen LogP contribution in [0.3, 0.4) is 0 Å². The zero-order chi connectivity index (χ0) is 13.7. The van der Waals surface area contributed by atoms with Gasteiger partial charge in [0.05, 0.1) is 12.8 Å². The minimum atomic E-state index is -0.858. The van der Waals surface area contributed by atoms with Crippen molar-refractivity contribution in [2.24, 2.45) is 0 Å². The van der Waals surface area contributed by atoms with Gasteiger partial charge in [0.1, 0.15) is 11.9 Å². The highest BCUT2D eigenvalue weighted by Gasteiger charge is 2.11. The minimum absolute atomic E-state index is 0.0767. The van der Waals surface area contributed by atoms with E-state index in [1.54, 1.807) is 24.3 Å². The van der Waals surface area contributed by atoms with Gasteiger partial charge in [-0.1, -0.05) is 22.0 Å². The summed E-state index contributed by atoms with van der Waals surface area (Å²) in [7, 11) is 0. The molecule has 2 amide bonds. The van der Waals surface area contributed by atoms with Gasteiger partial charge in [-0.05, 0) is 30.3 Å². The van der Waals surface area contributed by atoms with E-state index in [1.807, 2.05) is 12.1 Å². The van der Waals surface area contributed by atoms with Crippen LogP contribution >= 0.6 is 15.9 Å². The molecule has 1 atom stereocenters. The van der Waals surface area contributed by atoms with E-state index in [9.17, 15) is 9.90 Å². The molecular weight excluding hydrogens is 312 g/mol.